The number of rotatable bonds is 9. The Bertz CT molecular complexity index is 640. The average Bonchev–Trinajstić information content (AvgIpc) is 2.56. The van der Waals surface area contributed by atoms with Crippen molar-refractivity contribution in [3.05, 3.63) is 47.7 Å². The van der Waals surface area contributed by atoms with Crippen LogP contribution in [0.1, 0.15) is 31.5 Å². The molecule has 1 aromatic heterocycles. The van der Waals surface area contributed by atoms with Crippen molar-refractivity contribution in [1.82, 2.24) is 14.9 Å². The van der Waals surface area contributed by atoms with Crippen molar-refractivity contribution in [1.29, 1.82) is 0 Å². The van der Waals surface area contributed by atoms with Gasteiger partial charge in [-0.2, -0.15) is 4.98 Å². The van der Waals surface area contributed by atoms with E-state index in [9.17, 15) is 0 Å². The van der Waals surface area contributed by atoms with Crippen LogP contribution in [-0.2, 0) is 6.54 Å². The van der Waals surface area contributed by atoms with Crippen LogP contribution in [0.4, 0.5) is 11.8 Å². The van der Waals surface area contributed by atoms with Gasteiger partial charge in [0.1, 0.15) is 5.82 Å². The molecule has 5 nitrogen and oxygen atoms in total. The van der Waals surface area contributed by atoms with E-state index in [1.165, 1.54) is 5.56 Å². The number of nitrogens with zero attached hydrogens (tertiary/aromatic N) is 4. The van der Waals surface area contributed by atoms with Gasteiger partial charge in [0.2, 0.25) is 5.95 Å². The van der Waals surface area contributed by atoms with Crippen LogP contribution in [-0.4, -0.2) is 48.1 Å². The maximum atomic E-state index is 4.76. The van der Waals surface area contributed by atoms with Gasteiger partial charge in [-0.05, 0) is 53.4 Å². The molecule has 0 radical (unpaired) electrons. The number of nitrogens with one attached hydrogen (secondary N) is 1. The van der Waals surface area contributed by atoms with Crippen LogP contribution < -0.4 is 10.2 Å². The van der Waals surface area contributed by atoms with E-state index >= 15 is 0 Å². The lowest BCUT2D eigenvalue weighted by atomic mass is 10.2. The number of hydrogen-bond donors (Lipinski definition) is 1. The molecule has 1 N–H and O–H groups in total. The third-order valence-corrected chi connectivity index (χ3v) is 4.01. The first-order chi connectivity index (χ1) is 12.0. The van der Waals surface area contributed by atoms with E-state index in [1.54, 1.807) is 0 Å². The second kappa shape index (κ2) is 9.37. The van der Waals surface area contributed by atoms with Crippen LogP contribution in [0.5, 0.6) is 0 Å². The van der Waals surface area contributed by atoms with E-state index in [0.717, 1.165) is 43.5 Å². The maximum absolute atomic E-state index is 4.76. The average molecular weight is 342 g/mol. The highest BCUT2D eigenvalue weighted by molar-refractivity contribution is 5.44. The van der Waals surface area contributed by atoms with Gasteiger partial charge in [0.15, 0.2) is 0 Å². The second-order valence-electron chi connectivity index (χ2n) is 6.99. The van der Waals surface area contributed by atoms with Crippen LogP contribution in [0.25, 0.3) is 0 Å². The summed E-state index contributed by atoms with van der Waals surface area (Å²) in [6, 6.07) is 12.8. The molecule has 0 aliphatic heterocycles. The molecule has 136 valence electrons. The highest BCUT2D eigenvalue weighted by atomic mass is 15.3. The summed E-state index contributed by atoms with van der Waals surface area (Å²) < 4.78 is 0. The third kappa shape index (κ3) is 6.35. The second-order valence-corrected chi connectivity index (χ2v) is 6.99. The van der Waals surface area contributed by atoms with Crippen LogP contribution >= 0.6 is 0 Å². The highest BCUT2D eigenvalue weighted by Crippen LogP contribution is 2.19. The molecule has 0 aliphatic carbocycles. The van der Waals surface area contributed by atoms with Gasteiger partial charge in [-0.3, -0.25) is 0 Å². The number of hydrogen-bond acceptors (Lipinski definition) is 5. The van der Waals surface area contributed by atoms with Crippen molar-refractivity contribution in [2.45, 2.75) is 39.8 Å². The smallest absolute Gasteiger partial charge is 0.228 e. The fraction of sp³-hybridized carbons (Fsp3) is 0.500. The molecule has 0 bridgehead atoms. The Morgan fingerprint density at radius 2 is 1.80 bits per heavy atom. The summed E-state index contributed by atoms with van der Waals surface area (Å²) in [5, 5.41) is 3.43. The zero-order valence-electron chi connectivity index (χ0n) is 16.2. The van der Waals surface area contributed by atoms with Gasteiger partial charge < -0.3 is 15.1 Å². The topological polar surface area (TPSA) is 44.3 Å². The zero-order chi connectivity index (χ0) is 18.2. The Labute approximate surface area is 152 Å². The molecule has 0 aliphatic rings. The fourth-order valence-corrected chi connectivity index (χ4v) is 2.65. The number of aromatic nitrogens is 2. The highest BCUT2D eigenvalue weighted by Gasteiger charge is 2.15. The lowest BCUT2D eigenvalue weighted by Gasteiger charge is -2.27. The zero-order valence-corrected chi connectivity index (χ0v) is 16.2. The predicted octanol–water partition coefficient (Wildman–Crippen LogP) is 3.56. The molecule has 0 spiro atoms. The summed E-state index contributed by atoms with van der Waals surface area (Å²) in [6.45, 7) is 9.17. The summed E-state index contributed by atoms with van der Waals surface area (Å²) in [7, 11) is 4.19. The van der Waals surface area contributed by atoms with E-state index in [0.29, 0.717) is 6.04 Å². The van der Waals surface area contributed by atoms with E-state index in [-0.39, 0.29) is 0 Å². The molecule has 0 fully saturated rings. The minimum absolute atomic E-state index is 0.323. The van der Waals surface area contributed by atoms with Gasteiger partial charge >= 0.3 is 0 Å². The summed E-state index contributed by atoms with van der Waals surface area (Å²) in [5.74, 6) is 1.69. The third-order valence-electron chi connectivity index (χ3n) is 4.01. The monoisotopic (exact) mass is 341 g/mol. The van der Waals surface area contributed by atoms with Gasteiger partial charge in [-0.15, -0.1) is 0 Å². The molecule has 0 unspecified atom stereocenters. The van der Waals surface area contributed by atoms with Gasteiger partial charge in [-0.1, -0.05) is 30.3 Å². The molecule has 1 heterocycles. The van der Waals surface area contributed by atoms with E-state index < -0.39 is 0 Å². The molecule has 0 saturated heterocycles. The van der Waals surface area contributed by atoms with Gasteiger partial charge in [0.05, 0.1) is 0 Å². The molecular formula is C20H31N5. The summed E-state index contributed by atoms with van der Waals surface area (Å²) in [5.41, 5.74) is 2.25. The van der Waals surface area contributed by atoms with Crippen LogP contribution in [0.3, 0.4) is 0 Å². The first-order valence-electron chi connectivity index (χ1n) is 9.00. The van der Waals surface area contributed by atoms with Crippen molar-refractivity contribution in [3.63, 3.8) is 0 Å². The SMILES string of the molecule is Cc1cc(NCCCN(C)C)nc(N(Cc2ccccc2)C(C)C)n1. The molecule has 0 saturated carbocycles. The minimum atomic E-state index is 0.323. The number of benzene rings is 1. The molecule has 2 aromatic rings. The van der Waals surface area contributed by atoms with Crippen LogP contribution in [0, 0.1) is 6.92 Å². The fourth-order valence-electron chi connectivity index (χ4n) is 2.65. The lowest BCUT2D eigenvalue weighted by molar-refractivity contribution is 0.405. The molecule has 5 heteroatoms. The number of anilines is 2. The molecule has 2 rings (SSSR count). The van der Waals surface area contributed by atoms with Crippen molar-refractivity contribution in [2.24, 2.45) is 0 Å². The molecular weight excluding hydrogens is 310 g/mol. The van der Waals surface area contributed by atoms with E-state index in [2.05, 4.69) is 72.3 Å². The molecule has 0 amide bonds. The molecule has 25 heavy (non-hydrogen) atoms. The maximum Gasteiger partial charge on any atom is 0.228 e. The van der Waals surface area contributed by atoms with Crippen molar-refractivity contribution < 1.29 is 0 Å². The summed E-state index contributed by atoms with van der Waals surface area (Å²) >= 11 is 0. The van der Waals surface area contributed by atoms with Gasteiger partial charge in [0.25, 0.3) is 0 Å². The quantitative estimate of drug-likeness (QED) is 0.707. The van der Waals surface area contributed by atoms with Gasteiger partial charge in [0, 0.05) is 30.9 Å². The lowest BCUT2D eigenvalue weighted by Crippen LogP contribution is -2.32. The summed E-state index contributed by atoms with van der Waals surface area (Å²) in [4.78, 5) is 13.9. The normalized spacial score (nSPS) is 11.2. The Morgan fingerprint density at radius 3 is 2.44 bits per heavy atom. The number of aryl methyl sites for hydroxylation is 1. The van der Waals surface area contributed by atoms with E-state index in [1.807, 2.05) is 19.1 Å². The first kappa shape index (κ1) is 19.2. The Morgan fingerprint density at radius 1 is 1.08 bits per heavy atom. The molecule has 0 atom stereocenters. The van der Waals surface area contributed by atoms with Gasteiger partial charge in [-0.25, -0.2) is 4.98 Å². The molecule has 1 aromatic carbocycles. The van der Waals surface area contributed by atoms with Crippen LogP contribution in [0.15, 0.2) is 36.4 Å². The van der Waals surface area contributed by atoms with Crippen molar-refractivity contribution >= 4 is 11.8 Å². The van der Waals surface area contributed by atoms with Crippen molar-refractivity contribution in [3.8, 4) is 0 Å². The predicted molar refractivity (Wildman–Crippen MR) is 106 cm³/mol. The Hall–Kier alpha value is -2.14. The van der Waals surface area contributed by atoms with Crippen molar-refractivity contribution in [2.75, 3.05) is 37.4 Å². The Balaban J connectivity index is 2.11. The standard InChI is InChI=1S/C20H31N5/c1-16(2)25(15-18-10-7-6-8-11-18)20-22-17(3)14-19(23-20)21-12-9-13-24(4)5/h6-8,10-11,14,16H,9,12-13,15H2,1-5H3,(H,21,22,23). The largest absolute Gasteiger partial charge is 0.370 e. The Kier molecular flexibility index (Phi) is 7.19. The first-order valence-corrected chi connectivity index (χ1v) is 9.00. The van der Waals surface area contributed by atoms with Crippen LogP contribution in [0.2, 0.25) is 0 Å². The summed E-state index contributed by atoms with van der Waals surface area (Å²) in [6.07, 6.45) is 1.09. The minimum Gasteiger partial charge on any atom is -0.370 e. The van der Waals surface area contributed by atoms with E-state index in [4.69, 9.17) is 4.98 Å².